The molecular weight excluding hydrogens is 384 g/mol. The second-order valence-electron chi connectivity index (χ2n) is 6.80. The van der Waals surface area contributed by atoms with Gasteiger partial charge in [0.15, 0.2) is 5.16 Å². The van der Waals surface area contributed by atoms with Gasteiger partial charge in [-0.25, -0.2) is 9.78 Å². The molecule has 0 fully saturated rings. The molecule has 0 aliphatic carbocycles. The van der Waals surface area contributed by atoms with Gasteiger partial charge in [-0.15, -0.1) is 0 Å². The van der Waals surface area contributed by atoms with Crippen LogP contribution in [0.2, 0.25) is 0 Å². The minimum Gasteiger partial charge on any atom is -0.494 e. The number of thioether (sulfide) groups is 1. The summed E-state index contributed by atoms with van der Waals surface area (Å²) in [4.78, 5) is 17.2. The molecular formula is C22H24N4O2S. The van der Waals surface area contributed by atoms with Gasteiger partial charge in [-0.05, 0) is 36.8 Å². The molecule has 0 radical (unpaired) electrons. The summed E-state index contributed by atoms with van der Waals surface area (Å²) in [5.41, 5.74) is 3.22. The third-order valence-corrected chi connectivity index (χ3v) is 5.60. The van der Waals surface area contributed by atoms with Gasteiger partial charge in [0.05, 0.1) is 18.0 Å². The lowest BCUT2D eigenvalue weighted by molar-refractivity contribution is 0.262. The van der Waals surface area contributed by atoms with Gasteiger partial charge >= 0.3 is 6.03 Å². The van der Waals surface area contributed by atoms with E-state index in [2.05, 4.69) is 22.1 Å². The maximum Gasteiger partial charge on any atom is 0.323 e. The molecule has 2 amide bonds. The van der Waals surface area contributed by atoms with Crippen molar-refractivity contribution in [2.24, 2.45) is 0 Å². The largest absolute Gasteiger partial charge is 0.494 e. The van der Waals surface area contributed by atoms with E-state index in [1.165, 1.54) is 0 Å². The maximum absolute atomic E-state index is 12.5. The van der Waals surface area contributed by atoms with Crippen LogP contribution in [0.25, 0.3) is 11.3 Å². The molecule has 0 saturated carbocycles. The molecule has 0 spiro atoms. The Bertz CT molecular complexity index is 963. The van der Waals surface area contributed by atoms with Gasteiger partial charge in [-0.1, -0.05) is 43.3 Å². The van der Waals surface area contributed by atoms with Crippen LogP contribution >= 0.6 is 11.8 Å². The summed E-state index contributed by atoms with van der Waals surface area (Å²) in [6.45, 7) is 3.81. The number of hydrogen-bond donors (Lipinski definition) is 2. The van der Waals surface area contributed by atoms with Crippen LogP contribution in [-0.4, -0.2) is 27.9 Å². The van der Waals surface area contributed by atoms with E-state index in [1.807, 2.05) is 54.7 Å². The molecule has 150 valence electrons. The van der Waals surface area contributed by atoms with Crippen LogP contribution in [0, 0.1) is 0 Å². The predicted octanol–water partition coefficient (Wildman–Crippen LogP) is 5.48. The molecule has 0 bridgehead atoms. The first kappa shape index (κ1) is 19.4. The van der Waals surface area contributed by atoms with E-state index in [9.17, 15) is 4.79 Å². The number of anilines is 2. The lowest BCUT2D eigenvalue weighted by Gasteiger charge is -2.11. The molecule has 29 heavy (non-hydrogen) atoms. The predicted molar refractivity (Wildman–Crippen MR) is 118 cm³/mol. The van der Waals surface area contributed by atoms with Crippen LogP contribution in [0.1, 0.15) is 19.8 Å². The quantitative estimate of drug-likeness (QED) is 0.508. The topological polar surface area (TPSA) is 68.2 Å². The number of imidazole rings is 1. The monoisotopic (exact) mass is 408 g/mol. The normalized spacial score (nSPS) is 12.4. The van der Waals surface area contributed by atoms with Crippen molar-refractivity contribution in [2.45, 2.75) is 31.5 Å². The van der Waals surface area contributed by atoms with Crippen LogP contribution in [0.3, 0.4) is 0 Å². The van der Waals surface area contributed by atoms with Crippen molar-refractivity contribution in [1.82, 2.24) is 9.55 Å². The Kier molecular flexibility index (Phi) is 6.05. The molecule has 6 nitrogen and oxygen atoms in total. The van der Waals surface area contributed by atoms with E-state index in [1.54, 1.807) is 11.8 Å². The molecule has 7 heteroatoms. The Hall–Kier alpha value is -2.93. The van der Waals surface area contributed by atoms with Crippen molar-refractivity contribution < 1.29 is 9.53 Å². The van der Waals surface area contributed by atoms with E-state index in [4.69, 9.17) is 9.72 Å². The number of amides is 2. The first-order valence-electron chi connectivity index (χ1n) is 9.83. The Morgan fingerprint density at radius 2 is 2.00 bits per heavy atom. The highest BCUT2D eigenvalue weighted by molar-refractivity contribution is 7.99. The van der Waals surface area contributed by atoms with Gasteiger partial charge in [0.2, 0.25) is 0 Å². The average Bonchev–Trinajstić information content (AvgIpc) is 3.32. The SMILES string of the molecule is CCCCOc1ccc(NC(=O)Nc2ccccc2-c2cn3c(n2)SCC3)cc1. The third kappa shape index (κ3) is 4.74. The average molecular weight is 409 g/mol. The van der Waals surface area contributed by atoms with Crippen molar-refractivity contribution in [2.75, 3.05) is 23.0 Å². The van der Waals surface area contributed by atoms with Crippen molar-refractivity contribution in [1.29, 1.82) is 0 Å². The minimum absolute atomic E-state index is 0.293. The highest BCUT2D eigenvalue weighted by Gasteiger charge is 2.17. The molecule has 1 aromatic heterocycles. The number of nitrogens with one attached hydrogen (secondary N) is 2. The highest BCUT2D eigenvalue weighted by atomic mass is 32.2. The number of hydrogen-bond acceptors (Lipinski definition) is 4. The fourth-order valence-electron chi connectivity index (χ4n) is 3.11. The lowest BCUT2D eigenvalue weighted by Crippen LogP contribution is -2.19. The Morgan fingerprint density at radius 3 is 2.79 bits per heavy atom. The molecule has 2 heterocycles. The van der Waals surface area contributed by atoms with E-state index in [0.717, 1.165) is 53.0 Å². The van der Waals surface area contributed by atoms with Crippen LogP contribution in [0.5, 0.6) is 5.75 Å². The number of ether oxygens (including phenoxy) is 1. The second-order valence-corrected chi connectivity index (χ2v) is 7.86. The number of para-hydroxylation sites is 1. The molecule has 1 aliphatic heterocycles. The maximum atomic E-state index is 12.5. The minimum atomic E-state index is -0.293. The highest BCUT2D eigenvalue weighted by Crippen LogP contribution is 2.32. The zero-order chi connectivity index (χ0) is 20.1. The van der Waals surface area contributed by atoms with Crippen LogP contribution in [0.4, 0.5) is 16.2 Å². The van der Waals surface area contributed by atoms with Gasteiger partial charge in [-0.2, -0.15) is 0 Å². The molecule has 0 saturated heterocycles. The van der Waals surface area contributed by atoms with Gasteiger partial charge < -0.3 is 19.9 Å². The van der Waals surface area contributed by atoms with Gasteiger partial charge in [0.1, 0.15) is 5.75 Å². The molecule has 0 atom stereocenters. The number of fused-ring (bicyclic) bond motifs is 1. The van der Waals surface area contributed by atoms with Crippen LogP contribution in [0.15, 0.2) is 59.9 Å². The molecule has 3 aromatic rings. The van der Waals surface area contributed by atoms with Crippen molar-refractivity contribution in [3.63, 3.8) is 0 Å². The Labute approximate surface area is 174 Å². The number of urea groups is 1. The summed E-state index contributed by atoms with van der Waals surface area (Å²) in [6, 6.07) is 14.8. The number of carbonyl (C=O) groups excluding carboxylic acids is 1. The first-order chi connectivity index (χ1) is 14.2. The van der Waals surface area contributed by atoms with E-state index in [0.29, 0.717) is 12.3 Å². The zero-order valence-electron chi connectivity index (χ0n) is 16.4. The number of benzene rings is 2. The summed E-state index contributed by atoms with van der Waals surface area (Å²) >= 11 is 1.75. The standard InChI is InChI=1S/C22H24N4O2S/c1-2-3-13-28-17-10-8-16(9-11-17)23-21(27)24-19-7-5-4-6-18(19)20-15-26-12-14-29-22(26)25-20/h4-11,15H,2-3,12-14H2,1H3,(H2,23,24,27). The second kappa shape index (κ2) is 9.05. The summed E-state index contributed by atoms with van der Waals surface area (Å²) in [5, 5.41) is 6.84. The molecule has 0 unspecified atom stereocenters. The zero-order valence-corrected chi connectivity index (χ0v) is 17.2. The van der Waals surface area contributed by atoms with Gasteiger partial charge in [0, 0.05) is 29.7 Å². The number of carbonyl (C=O) groups is 1. The molecule has 4 rings (SSSR count). The van der Waals surface area contributed by atoms with E-state index < -0.39 is 0 Å². The summed E-state index contributed by atoms with van der Waals surface area (Å²) in [5.74, 6) is 1.87. The van der Waals surface area contributed by atoms with Crippen molar-refractivity contribution >= 4 is 29.2 Å². The van der Waals surface area contributed by atoms with Gasteiger partial charge in [-0.3, -0.25) is 0 Å². The number of rotatable bonds is 7. The van der Waals surface area contributed by atoms with Crippen LogP contribution in [-0.2, 0) is 6.54 Å². The Balaban J connectivity index is 1.41. The Morgan fingerprint density at radius 1 is 1.17 bits per heavy atom. The summed E-state index contributed by atoms with van der Waals surface area (Å²) < 4.78 is 7.81. The van der Waals surface area contributed by atoms with Gasteiger partial charge in [0.25, 0.3) is 0 Å². The fourth-order valence-corrected chi connectivity index (χ4v) is 4.05. The summed E-state index contributed by atoms with van der Waals surface area (Å²) in [7, 11) is 0. The lowest BCUT2D eigenvalue weighted by atomic mass is 10.1. The van der Waals surface area contributed by atoms with Crippen molar-refractivity contribution in [3.8, 4) is 17.0 Å². The van der Waals surface area contributed by atoms with Crippen molar-refractivity contribution in [3.05, 3.63) is 54.7 Å². The number of aromatic nitrogens is 2. The number of nitrogens with zero attached hydrogens (tertiary/aromatic N) is 2. The van der Waals surface area contributed by atoms with Crippen LogP contribution < -0.4 is 15.4 Å². The van der Waals surface area contributed by atoms with E-state index >= 15 is 0 Å². The third-order valence-electron chi connectivity index (χ3n) is 4.63. The number of aryl methyl sites for hydroxylation is 1. The molecule has 1 aliphatic rings. The number of unbranched alkanes of at least 4 members (excludes halogenated alkanes) is 1. The fraction of sp³-hybridized carbons (Fsp3) is 0.273. The smallest absolute Gasteiger partial charge is 0.323 e. The summed E-state index contributed by atoms with van der Waals surface area (Å²) in [6.07, 6.45) is 4.17. The first-order valence-corrected chi connectivity index (χ1v) is 10.8. The molecule has 2 N–H and O–H groups in total. The van der Waals surface area contributed by atoms with E-state index in [-0.39, 0.29) is 6.03 Å². The molecule has 2 aromatic carbocycles.